The molecule has 1 aliphatic heterocycles. The van der Waals surface area contributed by atoms with Crippen LogP contribution in [0.4, 0.5) is 0 Å². The number of amides is 1. The average molecular weight is 622 g/mol. The lowest BCUT2D eigenvalue weighted by atomic mass is 10.0. The van der Waals surface area contributed by atoms with E-state index < -0.39 is 30.0 Å². The lowest BCUT2D eigenvalue weighted by Crippen LogP contribution is -2.50. The number of amidine groups is 1. The second-order valence-electron chi connectivity index (χ2n) is 10.8. The Morgan fingerprint density at radius 2 is 1.71 bits per heavy atom. The van der Waals surface area contributed by atoms with E-state index in [-0.39, 0.29) is 35.7 Å². The summed E-state index contributed by atoms with van der Waals surface area (Å²) in [4.78, 5) is 25.3. The van der Waals surface area contributed by atoms with Gasteiger partial charge in [-0.3, -0.25) is 13.8 Å². The molecule has 0 bridgehead atoms. The normalized spacial score (nSPS) is 23.5. The molecule has 230 valence electrons. The Morgan fingerprint density at radius 1 is 1.07 bits per heavy atom. The average Bonchev–Trinajstić information content (AvgIpc) is 3.54. The van der Waals surface area contributed by atoms with Crippen molar-refractivity contribution < 1.29 is 31.7 Å². The van der Waals surface area contributed by atoms with Gasteiger partial charge < -0.3 is 21.4 Å². The Balaban J connectivity index is 1.55. The molecule has 2 aromatic rings. The molecule has 2 unspecified atom stereocenters. The first-order valence-electron chi connectivity index (χ1n) is 14.2. The van der Waals surface area contributed by atoms with Gasteiger partial charge in [-0.25, -0.2) is 13.0 Å². The van der Waals surface area contributed by atoms with Crippen LogP contribution in [0.2, 0.25) is 0 Å². The minimum Gasteiger partial charge on any atom is -0.382 e. The summed E-state index contributed by atoms with van der Waals surface area (Å²) in [6.45, 7) is 0.138. The number of phosphoric ester groups is 1. The van der Waals surface area contributed by atoms with Gasteiger partial charge in [0.2, 0.25) is 15.9 Å². The van der Waals surface area contributed by atoms with Crippen molar-refractivity contribution in [2.24, 2.45) is 16.7 Å². The molecule has 1 amide bonds. The molecule has 1 heterocycles. The molecule has 1 saturated heterocycles. The van der Waals surface area contributed by atoms with Gasteiger partial charge >= 0.3 is 7.82 Å². The number of hydrazone groups is 1. The Hall–Kier alpha value is -2.80. The van der Waals surface area contributed by atoms with E-state index in [0.717, 1.165) is 44.1 Å². The second-order valence-corrected chi connectivity index (χ2v) is 13.9. The maximum Gasteiger partial charge on any atom is 0.472 e. The molecule has 3 atom stereocenters. The molecule has 42 heavy (non-hydrogen) atoms. The first-order chi connectivity index (χ1) is 20.0. The van der Waals surface area contributed by atoms with Crippen molar-refractivity contribution in [1.29, 1.82) is 0 Å². The molecule has 1 saturated carbocycles. The molecule has 0 aromatic heterocycles. The molecule has 4 rings (SSSR count). The molecule has 12 nitrogen and oxygen atoms in total. The quantitative estimate of drug-likeness (QED) is 0.107. The van der Waals surface area contributed by atoms with Crippen molar-refractivity contribution in [2.45, 2.75) is 80.9 Å². The van der Waals surface area contributed by atoms with Crippen LogP contribution in [0.25, 0.3) is 0 Å². The van der Waals surface area contributed by atoms with E-state index in [1.165, 1.54) is 12.1 Å². The van der Waals surface area contributed by atoms with Crippen molar-refractivity contribution in [2.75, 3.05) is 13.7 Å². The van der Waals surface area contributed by atoms with Gasteiger partial charge in [0.25, 0.3) is 0 Å². The maximum absolute atomic E-state index is 13.6. The minimum absolute atomic E-state index is 0.0404. The van der Waals surface area contributed by atoms with Crippen LogP contribution in [0, 0.1) is 0 Å². The van der Waals surface area contributed by atoms with E-state index in [2.05, 4.69) is 9.82 Å². The van der Waals surface area contributed by atoms with Crippen molar-refractivity contribution in [1.82, 2.24) is 9.62 Å². The summed E-state index contributed by atoms with van der Waals surface area (Å²) < 4.78 is 52.4. The molecule has 1 aliphatic carbocycles. The highest BCUT2D eigenvalue weighted by atomic mass is 32.2. The number of rotatable bonds is 9. The van der Waals surface area contributed by atoms with Crippen LogP contribution in [0.5, 0.6) is 0 Å². The molecule has 0 radical (unpaired) electrons. The van der Waals surface area contributed by atoms with Gasteiger partial charge in [-0.2, -0.15) is 9.82 Å². The Kier molecular flexibility index (Phi) is 10.8. The maximum atomic E-state index is 13.6. The molecule has 2 aliphatic rings. The number of carbonyl (C=O) groups is 1. The summed E-state index contributed by atoms with van der Waals surface area (Å²) in [5, 5.41) is 3.48. The summed E-state index contributed by atoms with van der Waals surface area (Å²) in [5.41, 5.74) is 7.68. The van der Waals surface area contributed by atoms with Crippen molar-refractivity contribution >= 4 is 29.6 Å². The fraction of sp³-hybridized carbons (Fsp3) is 0.500. The summed E-state index contributed by atoms with van der Waals surface area (Å²) in [7, 11) is -6.64. The SMILES string of the molecule is CN(C(=O)C(Cc1ccc(/C(N)=N/N)cc1)NS(=O)(=O)c1ccc([C@@H]2CCCCCOP(=O)(O)O2)cc1)C1CCCC1. The van der Waals surface area contributed by atoms with Gasteiger partial charge in [0.05, 0.1) is 17.6 Å². The molecule has 14 heteroatoms. The first kappa shape index (κ1) is 32.1. The van der Waals surface area contributed by atoms with Crippen molar-refractivity contribution in [3.63, 3.8) is 0 Å². The molecule has 0 spiro atoms. The van der Waals surface area contributed by atoms with Gasteiger partial charge in [-0.05, 0) is 55.4 Å². The van der Waals surface area contributed by atoms with E-state index in [0.29, 0.717) is 24.0 Å². The zero-order chi connectivity index (χ0) is 30.3. The van der Waals surface area contributed by atoms with Crippen LogP contribution in [0.1, 0.15) is 74.2 Å². The fourth-order valence-corrected chi connectivity index (χ4v) is 7.55. The third-order valence-corrected chi connectivity index (χ3v) is 10.3. The predicted molar refractivity (Wildman–Crippen MR) is 159 cm³/mol. The highest BCUT2D eigenvalue weighted by molar-refractivity contribution is 7.89. The monoisotopic (exact) mass is 621 g/mol. The number of nitrogens with one attached hydrogen (secondary N) is 1. The predicted octanol–water partition coefficient (Wildman–Crippen LogP) is 3.30. The highest BCUT2D eigenvalue weighted by Gasteiger charge is 2.33. The number of hydrogen-bond donors (Lipinski definition) is 4. The second kappa shape index (κ2) is 14.1. The Bertz CT molecular complexity index is 1400. The lowest BCUT2D eigenvalue weighted by Gasteiger charge is -2.29. The lowest BCUT2D eigenvalue weighted by molar-refractivity contribution is -0.133. The summed E-state index contributed by atoms with van der Waals surface area (Å²) in [5.74, 6) is 5.11. The molecular formula is C28H40N5O7PS. The highest BCUT2D eigenvalue weighted by Crippen LogP contribution is 2.50. The Morgan fingerprint density at radius 3 is 2.36 bits per heavy atom. The van der Waals surface area contributed by atoms with E-state index in [1.54, 1.807) is 48.3 Å². The van der Waals surface area contributed by atoms with Crippen LogP contribution in [0.15, 0.2) is 58.5 Å². The first-order valence-corrected chi connectivity index (χ1v) is 17.1. The van der Waals surface area contributed by atoms with Gasteiger partial charge in [0.15, 0.2) is 0 Å². The summed E-state index contributed by atoms with van der Waals surface area (Å²) >= 11 is 0. The van der Waals surface area contributed by atoms with Crippen molar-refractivity contribution in [3.8, 4) is 0 Å². The number of nitrogens with zero attached hydrogens (tertiary/aromatic N) is 2. The summed E-state index contributed by atoms with van der Waals surface area (Å²) in [6, 6.07) is 11.9. The van der Waals surface area contributed by atoms with Gasteiger partial charge in [0.1, 0.15) is 11.9 Å². The Labute approximate surface area is 247 Å². The number of likely N-dealkylation sites (N-methyl/N-ethyl adjacent to an activating group) is 1. The molecule has 6 N–H and O–H groups in total. The standard InChI is InChI=1S/C28H40N5O7PS/c1-33(23-7-4-5-8-23)28(34)25(19-20-10-12-22(13-11-20)27(29)31-30)32-42(37,38)24-16-14-21(15-17-24)26-9-3-2-6-18-39-41(35,36)40-26/h10-17,23,25-26,32H,2-9,18-19,30H2,1H3,(H2,29,31)(H,35,36)/t25?,26-/m0/s1. The number of phosphoric acid groups is 1. The summed E-state index contributed by atoms with van der Waals surface area (Å²) in [6.07, 6.45) is 5.93. The van der Waals surface area contributed by atoms with Gasteiger partial charge in [-0.1, -0.05) is 62.1 Å². The minimum atomic E-state index is -4.24. The zero-order valence-electron chi connectivity index (χ0n) is 23.7. The third kappa shape index (κ3) is 8.40. The number of hydrogen-bond acceptors (Lipinski definition) is 8. The van der Waals surface area contributed by atoms with Crippen LogP contribution in [-0.2, 0) is 34.9 Å². The van der Waals surface area contributed by atoms with Crippen LogP contribution < -0.4 is 16.3 Å². The van der Waals surface area contributed by atoms with Gasteiger partial charge in [0, 0.05) is 18.7 Å². The topological polar surface area (TPSA) is 187 Å². The van der Waals surface area contributed by atoms with Crippen LogP contribution in [-0.4, -0.2) is 55.7 Å². The van der Waals surface area contributed by atoms with E-state index in [4.69, 9.17) is 20.6 Å². The number of benzene rings is 2. The van der Waals surface area contributed by atoms with Gasteiger partial charge in [-0.15, -0.1) is 0 Å². The van der Waals surface area contributed by atoms with Crippen LogP contribution in [0.3, 0.4) is 0 Å². The third-order valence-electron chi connectivity index (χ3n) is 7.83. The smallest absolute Gasteiger partial charge is 0.382 e. The van der Waals surface area contributed by atoms with E-state index >= 15 is 0 Å². The van der Waals surface area contributed by atoms with Crippen LogP contribution >= 0.6 is 7.82 Å². The zero-order valence-corrected chi connectivity index (χ0v) is 25.4. The number of nitrogens with two attached hydrogens (primary N) is 2. The molecule has 2 aromatic carbocycles. The fourth-order valence-electron chi connectivity index (χ4n) is 5.40. The van der Waals surface area contributed by atoms with E-state index in [9.17, 15) is 22.7 Å². The largest absolute Gasteiger partial charge is 0.472 e. The van der Waals surface area contributed by atoms with E-state index in [1.807, 2.05) is 0 Å². The number of carbonyl (C=O) groups excluding carboxylic acids is 1. The molecule has 2 fully saturated rings. The molecular weight excluding hydrogens is 581 g/mol. The van der Waals surface area contributed by atoms with Crippen molar-refractivity contribution in [3.05, 3.63) is 65.2 Å². The number of sulfonamides is 1.